The third-order valence-corrected chi connectivity index (χ3v) is 20.4. The van der Waals surface area contributed by atoms with Gasteiger partial charge in [-0.2, -0.15) is 5.70 Å². The molecule has 7 amide bonds. The number of carbonyl (C=O) groups is 7. The monoisotopic (exact) mass is 1310 g/mol. The summed E-state index contributed by atoms with van der Waals surface area (Å²) in [4.78, 5) is 123. The summed E-state index contributed by atoms with van der Waals surface area (Å²) < 4.78 is 35.3. The van der Waals surface area contributed by atoms with E-state index in [1.165, 1.54) is 6.92 Å². The molecule has 6 heterocycles. The van der Waals surface area contributed by atoms with E-state index < -0.39 is 143 Å². The quantitative estimate of drug-likeness (QED) is 0.0451. The average molecular weight is 1310 g/mol. The number of aliphatic hydroxyl groups is 2. The second kappa shape index (κ2) is 28.1. The first-order valence-corrected chi connectivity index (χ1v) is 30.8. The Kier molecular flexibility index (Phi) is 23.3. The number of ether oxygens (including phenoxy) is 2. The molecular formula is C61H89CoN11O15P-3. The minimum absolute atomic E-state index is 0. The molecule has 7 rings (SSSR count). The second-order valence-corrected chi connectivity index (χ2v) is 27.1. The van der Waals surface area contributed by atoms with Gasteiger partial charge in [-0.05, 0) is 101 Å². The van der Waals surface area contributed by atoms with Crippen molar-refractivity contribution in [3.8, 4) is 5.75 Å². The third kappa shape index (κ3) is 15.1. The fourth-order valence-corrected chi connectivity index (χ4v) is 15.6. The normalized spacial score (nSPS) is 34.1. The number of phosphoric acid groups is 1. The zero-order chi connectivity index (χ0) is 64.7. The van der Waals surface area contributed by atoms with Gasteiger partial charge in [-0.3, -0.25) is 53.1 Å². The molecule has 15 N–H and O–H groups in total. The van der Waals surface area contributed by atoms with Crippen LogP contribution in [0, 0.1) is 59.7 Å². The fourth-order valence-electron chi connectivity index (χ4n) is 14.4. The summed E-state index contributed by atoms with van der Waals surface area (Å²) >= 11 is 0. The Morgan fingerprint density at radius 3 is 1.90 bits per heavy atom. The first-order valence-electron chi connectivity index (χ1n) is 29.4. The van der Waals surface area contributed by atoms with Crippen LogP contribution < -0.4 is 49.3 Å². The number of hydrogen-bond acceptors (Lipinski definition) is 18. The fraction of sp³-hybridized carbons (Fsp3) is 0.623. The average Bonchev–Trinajstić information content (AvgIpc) is 1.54. The van der Waals surface area contributed by atoms with E-state index in [0.717, 1.165) is 5.56 Å². The van der Waals surface area contributed by atoms with Crippen molar-refractivity contribution in [3.63, 3.8) is 0 Å². The molecule has 26 nitrogen and oxygen atoms in total. The van der Waals surface area contributed by atoms with Crippen molar-refractivity contribution in [1.82, 2.24) is 5.32 Å². The number of aliphatic hydroxyl groups excluding tert-OH is 2. The first-order chi connectivity index (χ1) is 40.4. The van der Waals surface area contributed by atoms with Gasteiger partial charge in [0.15, 0.2) is 0 Å². The van der Waals surface area contributed by atoms with Crippen LogP contribution in [-0.2, 0) is 68.7 Å². The summed E-state index contributed by atoms with van der Waals surface area (Å²) in [6.07, 6.45) is -6.57. The number of nitrogens with two attached hydrogens (primary N) is 6. The number of nitrogens with one attached hydrogen (secondary N) is 1. The molecule has 1 radical (unpaired) electrons. The number of primary amides is 6. The molecule has 15 atom stereocenters. The Labute approximate surface area is 530 Å². The van der Waals surface area contributed by atoms with Gasteiger partial charge in [0, 0.05) is 125 Å². The molecule has 1 unspecified atom stereocenters. The smallest absolute Gasteiger partial charge is 0.268 e. The number of nitrogens with zero attached hydrogens (tertiary/aromatic N) is 4. The van der Waals surface area contributed by atoms with Gasteiger partial charge in [-0.1, -0.05) is 58.4 Å². The topological polar surface area (TPSA) is 456 Å². The van der Waals surface area contributed by atoms with Crippen molar-refractivity contribution in [1.29, 1.82) is 0 Å². The summed E-state index contributed by atoms with van der Waals surface area (Å²) in [6, 6.07) is 5.71. The minimum atomic E-state index is -5.30. The van der Waals surface area contributed by atoms with Gasteiger partial charge in [0.2, 0.25) is 47.6 Å². The third-order valence-electron chi connectivity index (χ3n) is 19.3. The molecule has 1 aromatic rings. The van der Waals surface area contributed by atoms with E-state index in [9.17, 15) is 53.2 Å². The Bertz CT molecular complexity index is 3190. The van der Waals surface area contributed by atoms with Crippen LogP contribution in [0.5, 0.6) is 5.75 Å². The maximum atomic E-state index is 14.3. The Balaban J connectivity index is 0.00000721. The molecule has 2 fully saturated rings. The molecule has 6 aliphatic rings. The summed E-state index contributed by atoms with van der Waals surface area (Å²) in [5.74, 6) is -7.10. The van der Waals surface area contributed by atoms with Crippen molar-refractivity contribution in [2.24, 2.45) is 94.7 Å². The van der Waals surface area contributed by atoms with Crippen molar-refractivity contribution >= 4 is 66.3 Å². The second-order valence-electron chi connectivity index (χ2n) is 25.8. The van der Waals surface area contributed by atoms with E-state index in [-0.39, 0.29) is 101 Å². The standard InChI is InChI=1S/C60H88N11O15P.CH3.Co/c1-29-11-13-33(14-12-29)83-55-50(80)51(39(28-72)84-55)86-87(81,82)85-30(2)27-67-47(79)21-22-57(7)37(23-44(64)76)54-60(10)59(9,26-46(66)78)36(17-20-43(63)75)49(71-60)32(4)53-58(8,25-45(65)77)34(15-18-41(61)73)38(68-53)24-40-56(5,6)35(16-19-42(62)74)48(69-40)31(3)52(57)70-54;;/h11-14,24,30,34-37,39,50-51,54-55,72,80H,15-23,25-28H2,1-10H3,(H15,61,62,63,64,65,66,67,68,69,70,71,73,74,75,76,77,78,79,81,82);1H3;/q;-1;/p-2/t30-,34-,35-,36-,37+,39-,50-,51-,54-,55+,57-,58+,59+,60+;;/m1../s1. The van der Waals surface area contributed by atoms with E-state index >= 15 is 0 Å². The molecule has 89 heavy (non-hydrogen) atoms. The van der Waals surface area contributed by atoms with Crippen LogP contribution in [-0.4, -0.2) is 124 Å². The van der Waals surface area contributed by atoms with Crippen LogP contribution in [0.25, 0.3) is 5.32 Å². The molecule has 8 bridgehead atoms. The number of fused-ring (bicyclic) bond motifs is 6. The molecule has 495 valence electrons. The molecule has 2 saturated heterocycles. The number of aryl methyl sites for hydroxylation is 1. The van der Waals surface area contributed by atoms with Gasteiger partial charge in [0.1, 0.15) is 24.1 Å². The SMILES string of the molecule is C/C1=C2/[N-][C@H]([C@H](CC(N)=O)[C@@]2(C)CCC(=O)NC[C@@H](C)OP(=O)([O-])O[C@H]2[C@@H](O)[C@@H](Oc3ccc(C)cc3)O[C@@H]2CO)[C@]2(C)N=C(/C(C)=C3N=C(/C=C4N=C1[C@@H](CCC(N)=O)C\4(C)C)[C@@H](CCC(N)=O)[C@]\3(C)CC(N)=O)[C@@H](CCC(N)=O)[C@]2(C)CC(N)=O.[CH3-].[Co]. The Morgan fingerprint density at radius 2 is 1.35 bits per heavy atom. The number of carbonyl (C=O) groups excluding carboxylic acids is 7. The van der Waals surface area contributed by atoms with E-state index in [1.54, 1.807) is 38.1 Å². The van der Waals surface area contributed by atoms with Crippen LogP contribution in [0.1, 0.15) is 139 Å². The minimum Gasteiger partial charge on any atom is -0.756 e. The molecule has 0 spiro atoms. The van der Waals surface area contributed by atoms with Crippen LogP contribution in [0.2, 0.25) is 0 Å². The number of allylic oxidation sites excluding steroid dienone is 6. The van der Waals surface area contributed by atoms with E-state index in [4.69, 9.17) is 73.2 Å². The molecule has 1 aromatic carbocycles. The van der Waals surface area contributed by atoms with E-state index in [0.29, 0.717) is 51.1 Å². The molecule has 0 saturated carbocycles. The zero-order valence-corrected chi connectivity index (χ0v) is 54.5. The van der Waals surface area contributed by atoms with Crippen molar-refractivity contribution in [3.05, 3.63) is 76.9 Å². The summed E-state index contributed by atoms with van der Waals surface area (Å²) in [5.41, 5.74) is 34.4. The predicted molar refractivity (Wildman–Crippen MR) is 325 cm³/mol. The maximum Gasteiger partial charge on any atom is 0.268 e. The Hall–Kier alpha value is -6.16. The van der Waals surface area contributed by atoms with Gasteiger partial charge in [-0.15, -0.1) is 0 Å². The number of aliphatic imine (C=N–C) groups is 3. The van der Waals surface area contributed by atoms with Crippen LogP contribution in [0.4, 0.5) is 0 Å². The van der Waals surface area contributed by atoms with Crippen LogP contribution in [0.3, 0.4) is 0 Å². The van der Waals surface area contributed by atoms with Gasteiger partial charge in [0.05, 0.1) is 23.9 Å². The molecule has 0 aromatic heterocycles. The summed E-state index contributed by atoms with van der Waals surface area (Å²) in [6.45, 7) is 16.9. The molecule has 6 aliphatic heterocycles. The number of amides is 7. The van der Waals surface area contributed by atoms with E-state index in [2.05, 4.69) is 5.32 Å². The summed E-state index contributed by atoms with van der Waals surface area (Å²) in [5, 5.41) is 29.4. The van der Waals surface area contributed by atoms with Gasteiger partial charge < -0.3 is 86.1 Å². The number of benzene rings is 1. The number of rotatable bonds is 27. The largest absolute Gasteiger partial charge is 0.756 e. The van der Waals surface area contributed by atoms with Crippen LogP contribution >= 0.6 is 7.82 Å². The predicted octanol–water partition coefficient (Wildman–Crippen LogP) is 3.31. The van der Waals surface area contributed by atoms with Crippen molar-refractivity contribution in [2.45, 2.75) is 182 Å². The maximum absolute atomic E-state index is 14.3. The molecule has 0 aliphatic carbocycles. The molecular weight excluding hydrogens is 1220 g/mol. The summed E-state index contributed by atoms with van der Waals surface area (Å²) in [7, 11) is -5.30. The number of hydrogen-bond donors (Lipinski definition) is 9. The Morgan fingerprint density at radius 1 is 0.775 bits per heavy atom. The van der Waals surface area contributed by atoms with Gasteiger partial charge in [0.25, 0.3) is 7.82 Å². The van der Waals surface area contributed by atoms with Crippen molar-refractivity contribution in [2.75, 3.05) is 13.2 Å². The van der Waals surface area contributed by atoms with Gasteiger partial charge in [-0.25, -0.2) is 0 Å². The zero-order valence-electron chi connectivity index (χ0n) is 52.6. The van der Waals surface area contributed by atoms with Crippen LogP contribution in [0.15, 0.2) is 73.6 Å². The number of phosphoric ester groups is 1. The van der Waals surface area contributed by atoms with Gasteiger partial charge >= 0.3 is 0 Å². The van der Waals surface area contributed by atoms with E-state index in [1.807, 2.05) is 54.5 Å². The molecule has 28 heteroatoms. The van der Waals surface area contributed by atoms with Crippen molar-refractivity contribution < 1.29 is 88.5 Å². The first kappa shape index (κ1) is 73.6.